The van der Waals surface area contributed by atoms with Gasteiger partial charge >= 0.3 is 0 Å². The first kappa shape index (κ1) is 16.8. The molecule has 5 rings (SSSR count). The molecule has 2 saturated carbocycles. The minimum Gasteiger partial charge on any atom is -0.440 e. The van der Waals surface area contributed by atoms with E-state index in [-0.39, 0.29) is 11.9 Å². The minimum absolute atomic E-state index is 0.00736. The first-order chi connectivity index (χ1) is 13.0. The molecule has 2 aromatic heterocycles. The van der Waals surface area contributed by atoms with Crippen LogP contribution in [0.15, 0.2) is 40.9 Å². The third-order valence-corrected chi connectivity index (χ3v) is 6.16. The topological polar surface area (TPSA) is 68.0 Å². The van der Waals surface area contributed by atoms with Crippen LogP contribution in [0.3, 0.4) is 0 Å². The van der Waals surface area contributed by atoms with E-state index in [9.17, 15) is 4.79 Å². The summed E-state index contributed by atoms with van der Waals surface area (Å²) in [7, 11) is 0. The van der Waals surface area contributed by atoms with Gasteiger partial charge in [0.15, 0.2) is 11.5 Å². The van der Waals surface area contributed by atoms with Crippen LogP contribution in [0, 0.1) is 12.3 Å². The van der Waals surface area contributed by atoms with Gasteiger partial charge in [-0.25, -0.2) is 4.98 Å². The number of hydrogen-bond acceptors (Lipinski definition) is 4. The molecule has 0 bridgehead atoms. The highest BCUT2D eigenvalue weighted by Gasteiger charge is 2.54. The molecule has 1 aromatic carbocycles. The maximum absolute atomic E-state index is 12.4. The van der Waals surface area contributed by atoms with Crippen molar-refractivity contribution in [3.63, 3.8) is 0 Å². The van der Waals surface area contributed by atoms with Crippen molar-refractivity contribution in [2.45, 2.75) is 44.6 Å². The first-order valence-corrected chi connectivity index (χ1v) is 9.67. The molecular weight excluding hydrogens is 362 g/mol. The van der Waals surface area contributed by atoms with E-state index < -0.39 is 0 Å². The van der Waals surface area contributed by atoms with Crippen LogP contribution in [0.5, 0.6) is 0 Å². The number of benzene rings is 1. The molecule has 3 aromatic rings. The maximum Gasteiger partial charge on any atom is 0.251 e. The average molecular weight is 382 g/mol. The average Bonchev–Trinajstić information content (AvgIpc) is 2.98. The standard InChI is InChI=1S/C21H20ClN3O2/c1-12-6-13(4-5-23-12)19(26)24-16-10-21(11-16)8-14(9-21)20-25-17-7-15(22)2-3-18(17)27-20/h2-7,14,16H,8-11H2,1H3,(H,24,26). The highest BCUT2D eigenvalue weighted by atomic mass is 35.5. The Bertz CT molecular complexity index is 1030. The van der Waals surface area contributed by atoms with E-state index in [1.807, 2.05) is 31.2 Å². The van der Waals surface area contributed by atoms with Gasteiger partial charge in [0.2, 0.25) is 0 Å². The lowest BCUT2D eigenvalue weighted by molar-refractivity contribution is -0.0253. The number of rotatable bonds is 3. The Kier molecular flexibility index (Phi) is 3.76. The summed E-state index contributed by atoms with van der Waals surface area (Å²) in [6.07, 6.45) is 5.90. The van der Waals surface area contributed by atoms with Crippen molar-refractivity contribution in [1.29, 1.82) is 0 Å². The van der Waals surface area contributed by atoms with Gasteiger partial charge in [0.05, 0.1) is 0 Å². The predicted octanol–water partition coefficient (Wildman–Crippen LogP) is 4.64. The molecule has 0 saturated heterocycles. The van der Waals surface area contributed by atoms with Gasteiger partial charge in [-0.3, -0.25) is 9.78 Å². The third-order valence-electron chi connectivity index (χ3n) is 5.93. The maximum atomic E-state index is 12.4. The van der Waals surface area contributed by atoms with Crippen molar-refractivity contribution in [2.75, 3.05) is 0 Å². The van der Waals surface area contributed by atoms with Crippen LogP contribution in [-0.2, 0) is 0 Å². The van der Waals surface area contributed by atoms with Crippen LogP contribution in [0.1, 0.15) is 53.5 Å². The molecule has 6 heteroatoms. The number of halogens is 1. The number of hydrogen-bond donors (Lipinski definition) is 1. The van der Waals surface area contributed by atoms with Crippen LogP contribution in [0.4, 0.5) is 0 Å². The molecule has 0 radical (unpaired) electrons. The Labute approximate surface area is 162 Å². The monoisotopic (exact) mass is 381 g/mol. The Morgan fingerprint density at radius 1 is 1.22 bits per heavy atom. The third kappa shape index (κ3) is 3.00. The number of nitrogens with zero attached hydrogens (tertiary/aromatic N) is 2. The number of nitrogens with one attached hydrogen (secondary N) is 1. The number of pyridine rings is 1. The second-order valence-electron chi connectivity index (χ2n) is 8.03. The van der Waals surface area contributed by atoms with Gasteiger partial charge in [-0.15, -0.1) is 0 Å². The lowest BCUT2D eigenvalue weighted by atomic mass is 9.50. The molecule has 138 valence electrons. The molecule has 2 heterocycles. The van der Waals surface area contributed by atoms with Crippen molar-refractivity contribution >= 4 is 28.6 Å². The van der Waals surface area contributed by atoms with Crippen molar-refractivity contribution in [3.8, 4) is 0 Å². The van der Waals surface area contributed by atoms with E-state index in [1.54, 1.807) is 12.3 Å². The summed E-state index contributed by atoms with van der Waals surface area (Å²) in [5.41, 5.74) is 3.50. The summed E-state index contributed by atoms with van der Waals surface area (Å²) in [5, 5.41) is 3.82. The quantitative estimate of drug-likeness (QED) is 0.717. The molecule has 0 atom stereocenters. The van der Waals surface area contributed by atoms with Gasteiger partial charge in [-0.2, -0.15) is 0 Å². The lowest BCUT2D eigenvalue weighted by Gasteiger charge is -2.57. The van der Waals surface area contributed by atoms with Crippen LogP contribution in [0.25, 0.3) is 11.1 Å². The molecule has 1 spiro atoms. The zero-order chi connectivity index (χ0) is 18.6. The number of aromatic nitrogens is 2. The van der Waals surface area contributed by atoms with Gasteiger partial charge in [-0.05, 0) is 68.4 Å². The second kappa shape index (κ2) is 6.06. The fraction of sp³-hybridized carbons (Fsp3) is 0.381. The van der Waals surface area contributed by atoms with Crippen molar-refractivity contribution in [1.82, 2.24) is 15.3 Å². The highest BCUT2D eigenvalue weighted by molar-refractivity contribution is 6.31. The Morgan fingerprint density at radius 3 is 2.81 bits per heavy atom. The lowest BCUT2D eigenvalue weighted by Crippen LogP contribution is -2.55. The van der Waals surface area contributed by atoms with Gasteiger partial charge in [0, 0.05) is 34.4 Å². The second-order valence-corrected chi connectivity index (χ2v) is 8.47. The van der Waals surface area contributed by atoms with Gasteiger partial charge < -0.3 is 9.73 Å². The van der Waals surface area contributed by atoms with Crippen LogP contribution < -0.4 is 5.32 Å². The molecule has 2 aliphatic rings. The Morgan fingerprint density at radius 2 is 2.04 bits per heavy atom. The number of carbonyl (C=O) groups is 1. The molecule has 1 N–H and O–H groups in total. The van der Waals surface area contributed by atoms with Crippen molar-refractivity contribution in [2.24, 2.45) is 5.41 Å². The van der Waals surface area contributed by atoms with E-state index >= 15 is 0 Å². The van der Waals surface area contributed by atoms with E-state index in [2.05, 4.69) is 15.3 Å². The highest BCUT2D eigenvalue weighted by Crippen LogP contribution is 2.61. The fourth-order valence-corrected chi connectivity index (χ4v) is 4.80. The summed E-state index contributed by atoms with van der Waals surface area (Å²) < 4.78 is 5.90. The van der Waals surface area contributed by atoms with Crippen LogP contribution >= 0.6 is 11.6 Å². The largest absolute Gasteiger partial charge is 0.440 e. The predicted molar refractivity (Wildman–Crippen MR) is 103 cm³/mol. The number of amides is 1. The van der Waals surface area contributed by atoms with E-state index in [0.717, 1.165) is 48.4 Å². The smallest absolute Gasteiger partial charge is 0.251 e. The van der Waals surface area contributed by atoms with Crippen LogP contribution in [0.2, 0.25) is 5.02 Å². The molecule has 2 aliphatic carbocycles. The first-order valence-electron chi connectivity index (χ1n) is 9.29. The number of aryl methyl sites for hydroxylation is 1. The fourth-order valence-electron chi connectivity index (χ4n) is 4.63. The van der Waals surface area contributed by atoms with E-state index in [0.29, 0.717) is 21.9 Å². The SMILES string of the molecule is Cc1cc(C(=O)NC2CC3(C2)CC(c2nc4cc(Cl)ccc4o2)C3)ccn1. The van der Waals surface area contributed by atoms with E-state index in [1.165, 1.54) is 0 Å². The summed E-state index contributed by atoms with van der Waals surface area (Å²) in [6, 6.07) is 9.38. The van der Waals surface area contributed by atoms with Gasteiger partial charge in [-0.1, -0.05) is 11.6 Å². The number of oxazole rings is 1. The Hall–Kier alpha value is -2.40. The summed E-state index contributed by atoms with van der Waals surface area (Å²) in [6.45, 7) is 1.89. The molecule has 0 unspecified atom stereocenters. The van der Waals surface area contributed by atoms with Gasteiger partial charge in [0.1, 0.15) is 5.52 Å². The zero-order valence-electron chi connectivity index (χ0n) is 15.0. The summed E-state index contributed by atoms with van der Waals surface area (Å²) >= 11 is 6.02. The van der Waals surface area contributed by atoms with Crippen molar-refractivity contribution in [3.05, 3.63) is 58.7 Å². The molecular formula is C21H20ClN3O2. The van der Waals surface area contributed by atoms with Gasteiger partial charge in [0.25, 0.3) is 5.91 Å². The minimum atomic E-state index is -0.00736. The van der Waals surface area contributed by atoms with E-state index in [4.69, 9.17) is 16.0 Å². The molecule has 0 aliphatic heterocycles. The zero-order valence-corrected chi connectivity index (χ0v) is 15.8. The molecule has 5 nitrogen and oxygen atoms in total. The molecule has 2 fully saturated rings. The summed E-state index contributed by atoms with van der Waals surface area (Å²) in [5.74, 6) is 1.18. The number of carbonyl (C=O) groups excluding carboxylic acids is 1. The number of fused-ring (bicyclic) bond motifs is 1. The molecule has 1 amide bonds. The van der Waals surface area contributed by atoms with Crippen molar-refractivity contribution < 1.29 is 9.21 Å². The van der Waals surface area contributed by atoms with Crippen LogP contribution in [-0.4, -0.2) is 21.9 Å². The Balaban J connectivity index is 1.18. The normalized spacial score (nSPS) is 26.6. The molecule has 27 heavy (non-hydrogen) atoms. The summed E-state index contributed by atoms with van der Waals surface area (Å²) in [4.78, 5) is 21.1.